The van der Waals surface area contributed by atoms with Crippen molar-refractivity contribution in [1.29, 1.82) is 0 Å². The molecule has 0 radical (unpaired) electrons. The third-order valence-corrected chi connectivity index (χ3v) is 3.35. The molecule has 3 nitrogen and oxygen atoms in total. The van der Waals surface area contributed by atoms with Gasteiger partial charge in [-0.1, -0.05) is 30.4 Å². The van der Waals surface area contributed by atoms with E-state index in [0.29, 0.717) is 0 Å². The summed E-state index contributed by atoms with van der Waals surface area (Å²) in [5.41, 5.74) is 2.63. The van der Waals surface area contributed by atoms with Crippen LogP contribution in [0.5, 0.6) is 0 Å². The molecule has 2 aromatic heterocycles. The molecule has 3 rings (SSSR count). The molecule has 2 heterocycles. The number of fused-ring (bicyclic) bond motifs is 2. The number of rotatable bonds is 1. The lowest BCUT2D eigenvalue weighted by Crippen LogP contribution is -1.84. The molecule has 0 aliphatic rings. The predicted octanol–water partition coefficient (Wildman–Crippen LogP) is 2.80. The van der Waals surface area contributed by atoms with Gasteiger partial charge in [-0.05, 0) is 18.6 Å². The molecule has 0 atom stereocenters. The van der Waals surface area contributed by atoms with Gasteiger partial charge in [-0.25, -0.2) is 15.0 Å². The maximum atomic E-state index is 4.54. The van der Waals surface area contributed by atoms with Gasteiger partial charge in [0.2, 0.25) is 0 Å². The first-order valence-corrected chi connectivity index (χ1v) is 5.70. The lowest BCUT2D eigenvalue weighted by atomic mass is 10.3. The number of hydrogen-bond acceptors (Lipinski definition) is 4. The first kappa shape index (κ1) is 8.73. The van der Waals surface area contributed by atoms with Crippen LogP contribution in [0.1, 0.15) is 11.9 Å². The van der Waals surface area contributed by atoms with Crippen LogP contribution in [0.25, 0.3) is 21.5 Å². The van der Waals surface area contributed by atoms with Crippen molar-refractivity contribution in [1.82, 2.24) is 15.0 Å². The fourth-order valence-corrected chi connectivity index (χ4v) is 2.35. The number of thiazole rings is 1. The molecule has 0 saturated carbocycles. The summed E-state index contributed by atoms with van der Waals surface area (Å²) in [7, 11) is 0. The van der Waals surface area contributed by atoms with Gasteiger partial charge in [0.25, 0.3) is 0 Å². The van der Waals surface area contributed by atoms with Gasteiger partial charge in [-0.3, -0.25) is 0 Å². The summed E-state index contributed by atoms with van der Waals surface area (Å²) in [6, 6.07) is 7.89. The van der Waals surface area contributed by atoms with Gasteiger partial charge in [0.05, 0.1) is 16.0 Å². The van der Waals surface area contributed by atoms with Crippen LogP contribution in [0.2, 0.25) is 0 Å². The standard InChI is InChI=1S/C11H9N3S/c1-2-9-14-10-11(15-9)13-8-6-4-3-5-7(8)12-10/h3-6H,2H2,1H3. The van der Waals surface area contributed by atoms with Crippen LogP contribution in [-0.4, -0.2) is 15.0 Å². The Morgan fingerprint density at radius 1 is 1.07 bits per heavy atom. The number of benzene rings is 1. The summed E-state index contributed by atoms with van der Waals surface area (Å²) in [6.45, 7) is 2.09. The van der Waals surface area contributed by atoms with E-state index in [1.54, 1.807) is 11.3 Å². The van der Waals surface area contributed by atoms with Crippen LogP contribution in [0.4, 0.5) is 0 Å². The quantitative estimate of drug-likeness (QED) is 0.626. The van der Waals surface area contributed by atoms with Crippen molar-refractivity contribution >= 4 is 32.8 Å². The first-order valence-electron chi connectivity index (χ1n) is 4.89. The number of hydrogen-bond donors (Lipinski definition) is 0. The first-order chi connectivity index (χ1) is 7.36. The minimum atomic E-state index is 0.774. The van der Waals surface area contributed by atoms with E-state index >= 15 is 0 Å². The summed E-state index contributed by atoms with van der Waals surface area (Å²) >= 11 is 1.63. The van der Waals surface area contributed by atoms with Crippen molar-refractivity contribution in [3.05, 3.63) is 29.3 Å². The normalized spacial score (nSPS) is 11.3. The predicted molar refractivity (Wildman–Crippen MR) is 62.1 cm³/mol. The number of aryl methyl sites for hydroxylation is 1. The van der Waals surface area contributed by atoms with Crippen molar-refractivity contribution in [2.45, 2.75) is 13.3 Å². The molecule has 15 heavy (non-hydrogen) atoms. The Hall–Kier alpha value is -1.55. The summed E-state index contributed by atoms with van der Waals surface area (Å²) < 4.78 is 0. The highest BCUT2D eigenvalue weighted by atomic mass is 32.1. The van der Waals surface area contributed by atoms with Crippen molar-refractivity contribution in [2.24, 2.45) is 0 Å². The van der Waals surface area contributed by atoms with Gasteiger partial charge in [0.15, 0.2) is 10.5 Å². The minimum absolute atomic E-state index is 0.774. The highest BCUT2D eigenvalue weighted by molar-refractivity contribution is 7.18. The fourth-order valence-electron chi connectivity index (χ4n) is 1.52. The molecule has 0 aliphatic heterocycles. The Morgan fingerprint density at radius 3 is 2.53 bits per heavy atom. The van der Waals surface area contributed by atoms with E-state index in [2.05, 4.69) is 21.9 Å². The van der Waals surface area contributed by atoms with Crippen LogP contribution < -0.4 is 0 Å². The average Bonchev–Trinajstić information content (AvgIpc) is 2.67. The summed E-state index contributed by atoms with van der Waals surface area (Å²) in [6.07, 6.45) is 0.944. The third kappa shape index (κ3) is 1.37. The Bertz CT molecular complexity index is 577. The molecule has 4 heteroatoms. The SMILES string of the molecule is CCc1nc2nc3ccccc3nc2s1. The van der Waals surface area contributed by atoms with Gasteiger partial charge < -0.3 is 0 Å². The van der Waals surface area contributed by atoms with E-state index in [1.165, 1.54) is 0 Å². The van der Waals surface area contributed by atoms with Crippen molar-refractivity contribution in [2.75, 3.05) is 0 Å². The van der Waals surface area contributed by atoms with Crippen LogP contribution in [0.3, 0.4) is 0 Å². The van der Waals surface area contributed by atoms with Crippen LogP contribution in [0, 0.1) is 0 Å². The topological polar surface area (TPSA) is 38.7 Å². The zero-order valence-corrected chi connectivity index (χ0v) is 9.08. The van der Waals surface area contributed by atoms with E-state index in [0.717, 1.165) is 32.9 Å². The Morgan fingerprint density at radius 2 is 1.80 bits per heavy atom. The van der Waals surface area contributed by atoms with Gasteiger partial charge in [0.1, 0.15) is 0 Å². The van der Waals surface area contributed by atoms with Crippen LogP contribution >= 0.6 is 11.3 Å². The molecule has 74 valence electrons. The lowest BCUT2D eigenvalue weighted by molar-refractivity contribution is 1.10. The van der Waals surface area contributed by atoms with Gasteiger partial charge >= 0.3 is 0 Å². The maximum Gasteiger partial charge on any atom is 0.190 e. The zero-order valence-electron chi connectivity index (χ0n) is 8.27. The molecule has 0 aliphatic carbocycles. The van der Waals surface area contributed by atoms with E-state index in [4.69, 9.17) is 0 Å². The third-order valence-electron chi connectivity index (χ3n) is 2.27. The van der Waals surface area contributed by atoms with Crippen LogP contribution in [0.15, 0.2) is 24.3 Å². The largest absolute Gasteiger partial charge is 0.232 e. The Kier molecular flexibility index (Phi) is 1.89. The molecule has 0 spiro atoms. The zero-order chi connectivity index (χ0) is 10.3. The van der Waals surface area contributed by atoms with E-state index in [1.807, 2.05) is 24.3 Å². The molecule has 0 bridgehead atoms. The van der Waals surface area contributed by atoms with Crippen molar-refractivity contribution in [3.63, 3.8) is 0 Å². The Balaban J connectivity index is 2.39. The second kappa shape index (κ2) is 3.24. The minimum Gasteiger partial charge on any atom is -0.232 e. The molecule has 0 saturated heterocycles. The molecule has 0 amide bonds. The number of nitrogens with zero attached hydrogens (tertiary/aromatic N) is 3. The lowest BCUT2D eigenvalue weighted by Gasteiger charge is -1.93. The summed E-state index contributed by atoms with van der Waals surface area (Å²) in [5.74, 6) is 0. The van der Waals surface area contributed by atoms with Crippen molar-refractivity contribution in [3.8, 4) is 0 Å². The second-order valence-corrected chi connectivity index (χ2v) is 4.36. The van der Waals surface area contributed by atoms with E-state index in [-0.39, 0.29) is 0 Å². The number of para-hydroxylation sites is 2. The van der Waals surface area contributed by atoms with Crippen molar-refractivity contribution < 1.29 is 0 Å². The van der Waals surface area contributed by atoms with Gasteiger partial charge in [0, 0.05) is 0 Å². The van der Waals surface area contributed by atoms with E-state index < -0.39 is 0 Å². The molecular weight excluding hydrogens is 206 g/mol. The van der Waals surface area contributed by atoms with Gasteiger partial charge in [-0.2, -0.15) is 0 Å². The molecular formula is C11H9N3S. The smallest absolute Gasteiger partial charge is 0.190 e. The monoisotopic (exact) mass is 215 g/mol. The second-order valence-electron chi connectivity index (χ2n) is 3.30. The number of aromatic nitrogens is 3. The average molecular weight is 215 g/mol. The molecule has 1 aromatic carbocycles. The fraction of sp³-hybridized carbons (Fsp3) is 0.182. The van der Waals surface area contributed by atoms with E-state index in [9.17, 15) is 0 Å². The summed E-state index contributed by atoms with van der Waals surface area (Å²) in [5, 5.41) is 1.10. The highest BCUT2D eigenvalue weighted by Gasteiger charge is 2.06. The molecule has 0 N–H and O–H groups in total. The molecule has 3 aromatic rings. The van der Waals surface area contributed by atoms with Crippen LogP contribution in [-0.2, 0) is 6.42 Å². The Labute approximate surface area is 90.8 Å². The highest BCUT2D eigenvalue weighted by Crippen LogP contribution is 2.21. The summed E-state index contributed by atoms with van der Waals surface area (Å²) in [4.78, 5) is 14.4. The molecule has 0 fully saturated rings. The van der Waals surface area contributed by atoms with Gasteiger partial charge in [-0.15, -0.1) is 0 Å². The molecule has 0 unspecified atom stereocenters. The maximum absolute atomic E-state index is 4.54.